The molecule has 0 bridgehead atoms. The summed E-state index contributed by atoms with van der Waals surface area (Å²) in [6.07, 6.45) is 2.53. The number of hydrogen-bond donors (Lipinski definition) is 2. The summed E-state index contributed by atoms with van der Waals surface area (Å²) in [5.74, 6) is 0.877. The van der Waals surface area contributed by atoms with Crippen LogP contribution < -0.4 is 5.32 Å². The first-order valence-corrected chi connectivity index (χ1v) is 10.7. The number of benzene rings is 2. The third-order valence-corrected chi connectivity index (χ3v) is 5.79. The van der Waals surface area contributed by atoms with E-state index in [9.17, 15) is 0 Å². The van der Waals surface area contributed by atoms with Crippen molar-refractivity contribution >= 4 is 45.5 Å². The predicted molar refractivity (Wildman–Crippen MR) is 128 cm³/mol. The van der Waals surface area contributed by atoms with E-state index in [0.717, 1.165) is 46.0 Å². The largest absolute Gasteiger partial charge is 0.467 e. The van der Waals surface area contributed by atoms with Gasteiger partial charge in [0.25, 0.3) is 0 Å². The average molecular weight is 438 g/mol. The van der Waals surface area contributed by atoms with Crippen molar-refractivity contribution in [2.24, 2.45) is 0 Å². The van der Waals surface area contributed by atoms with Crippen LogP contribution in [0.1, 0.15) is 22.6 Å². The maximum absolute atomic E-state index is 6.24. The number of thiocarbonyl (C=S) groups is 1. The number of halogens is 1. The summed E-state index contributed by atoms with van der Waals surface area (Å²) >= 11 is 12.0. The van der Waals surface area contributed by atoms with Crippen LogP contribution in [0.4, 0.5) is 5.69 Å². The van der Waals surface area contributed by atoms with Crippen molar-refractivity contribution in [2.75, 3.05) is 11.9 Å². The number of furan rings is 1. The Kier molecular flexibility index (Phi) is 6.11. The molecule has 0 aliphatic carbocycles. The van der Waals surface area contributed by atoms with Crippen molar-refractivity contribution in [3.63, 3.8) is 0 Å². The summed E-state index contributed by atoms with van der Waals surface area (Å²) < 4.78 is 5.58. The fraction of sp³-hybridized carbons (Fsp3) is 0.208. The number of nitrogens with one attached hydrogen (secondary N) is 2. The normalized spacial score (nSPS) is 11.0. The van der Waals surface area contributed by atoms with Gasteiger partial charge in [-0.05, 0) is 86.1 Å². The Balaban J connectivity index is 1.55. The Morgan fingerprint density at radius 3 is 2.77 bits per heavy atom. The van der Waals surface area contributed by atoms with E-state index in [-0.39, 0.29) is 0 Å². The molecule has 0 saturated heterocycles. The van der Waals surface area contributed by atoms with Crippen molar-refractivity contribution in [1.82, 2.24) is 9.88 Å². The van der Waals surface area contributed by atoms with E-state index in [1.807, 2.05) is 42.5 Å². The molecule has 0 amide bonds. The molecule has 0 aliphatic rings. The van der Waals surface area contributed by atoms with Gasteiger partial charge >= 0.3 is 0 Å². The summed E-state index contributed by atoms with van der Waals surface area (Å²) in [4.78, 5) is 5.59. The number of nitrogens with zero attached hydrogens (tertiary/aromatic N) is 1. The van der Waals surface area contributed by atoms with Gasteiger partial charge in [0.1, 0.15) is 5.76 Å². The number of aromatic amines is 1. The lowest BCUT2D eigenvalue weighted by Crippen LogP contribution is -2.35. The van der Waals surface area contributed by atoms with Crippen LogP contribution in [0.3, 0.4) is 0 Å². The maximum Gasteiger partial charge on any atom is 0.173 e. The van der Waals surface area contributed by atoms with Crippen LogP contribution in [0.2, 0.25) is 5.02 Å². The van der Waals surface area contributed by atoms with E-state index in [2.05, 4.69) is 41.2 Å². The predicted octanol–water partition coefficient (Wildman–Crippen LogP) is 6.47. The molecule has 2 aromatic carbocycles. The van der Waals surface area contributed by atoms with E-state index in [0.29, 0.717) is 11.7 Å². The van der Waals surface area contributed by atoms with Crippen molar-refractivity contribution < 1.29 is 4.42 Å². The van der Waals surface area contributed by atoms with Gasteiger partial charge in [-0.2, -0.15) is 0 Å². The third-order valence-electron chi connectivity index (χ3n) is 5.20. The van der Waals surface area contributed by atoms with Crippen LogP contribution >= 0.6 is 23.8 Å². The molecule has 0 saturated carbocycles. The summed E-state index contributed by atoms with van der Waals surface area (Å²) in [5.41, 5.74) is 5.69. The number of aromatic nitrogens is 1. The number of rotatable bonds is 6. The molecule has 0 fully saturated rings. The number of anilines is 1. The van der Waals surface area contributed by atoms with E-state index >= 15 is 0 Å². The van der Waals surface area contributed by atoms with Crippen LogP contribution in [0.5, 0.6) is 0 Å². The summed E-state index contributed by atoms with van der Waals surface area (Å²) in [5, 5.41) is 5.95. The lowest BCUT2D eigenvalue weighted by molar-refractivity contribution is 0.368. The second kappa shape index (κ2) is 8.94. The van der Waals surface area contributed by atoms with Gasteiger partial charge in [-0.15, -0.1) is 0 Å². The zero-order valence-electron chi connectivity index (χ0n) is 17.0. The fourth-order valence-electron chi connectivity index (χ4n) is 3.69. The molecule has 0 unspecified atom stereocenters. The molecule has 2 heterocycles. The first-order valence-electron chi connectivity index (χ1n) is 9.91. The Hall–Kier alpha value is -2.76. The smallest absolute Gasteiger partial charge is 0.173 e. The van der Waals surface area contributed by atoms with Gasteiger partial charge < -0.3 is 19.6 Å². The highest BCUT2D eigenvalue weighted by molar-refractivity contribution is 7.80. The van der Waals surface area contributed by atoms with Gasteiger partial charge in [-0.3, -0.25) is 0 Å². The van der Waals surface area contributed by atoms with Gasteiger partial charge in [0.05, 0.1) is 12.8 Å². The van der Waals surface area contributed by atoms with E-state index in [1.54, 1.807) is 6.26 Å². The molecule has 30 heavy (non-hydrogen) atoms. The molecule has 0 radical (unpaired) electrons. The van der Waals surface area contributed by atoms with Crippen LogP contribution in [0.15, 0.2) is 65.3 Å². The lowest BCUT2D eigenvalue weighted by Gasteiger charge is -2.25. The van der Waals surface area contributed by atoms with E-state index < -0.39 is 0 Å². The van der Waals surface area contributed by atoms with E-state index in [1.165, 1.54) is 11.1 Å². The van der Waals surface area contributed by atoms with Crippen molar-refractivity contribution in [2.45, 2.75) is 26.8 Å². The number of fused-ring (bicyclic) bond motifs is 1. The molecule has 2 N–H and O–H groups in total. The fourth-order valence-corrected chi connectivity index (χ4v) is 4.14. The maximum atomic E-state index is 6.24. The highest BCUT2D eigenvalue weighted by Gasteiger charge is 2.15. The van der Waals surface area contributed by atoms with Gasteiger partial charge in [0, 0.05) is 33.9 Å². The standard InChI is InChI=1S/C24H24ClN3OS/c1-16-5-3-6-19(13-16)27-24(30)28(15-20-7-4-12-29-20)11-10-21-17(2)26-23-9-8-18(25)14-22(21)23/h3-9,12-14,26H,10-11,15H2,1-2H3,(H,27,30). The van der Waals surface area contributed by atoms with Crippen molar-refractivity contribution in [3.05, 3.63) is 88.5 Å². The van der Waals surface area contributed by atoms with Gasteiger partial charge in [0.2, 0.25) is 0 Å². The second-order valence-corrected chi connectivity index (χ2v) is 8.29. The van der Waals surface area contributed by atoms with Crippen molar-refractivity contribution in [3.8, 4) is 0 Å². The summed E-state index contributed by atoms with van der Waals surface area (Å²) in [6, 6.07) is 18.0. The van der Waals surface area contributed by atoms with Gasteiger partial charge in [-0.1, -0.05) is 23.7 Å². The van der Waals surface area contributed by atoms with E-state index in [4.69, 9.17) is 28.2 Å². The highest BCUT2D eigenvalue weighted by Crippen LogP contribution is 2.26. The third kappa shape index (κ3) is 4.69. The summed E-state index contributed by atoms with van der Waals surface area (Å²) in [7, 11) is 0. The molecule has 4 rings (SSSR count). The number of H-pyrrole nitrogens is 1. The quantitative estimate of drug-likeness (QED) is 0.339. The Morgan fingerprint density at radius 1 is 1.13 bits per heavy atom. The van der Waals surface area contributed by atoms with Crippen LogP contribution in [-0.4, -0.2) is 21.5 Å². The molecule has 0 aliphatic heterocycles. The molecule has 0 atom stereocenters. The second-order valence-electron chi connectivity index (χ2n) is 7.47. The van der Waals surface area contributed by atoms with Gasteiger partial charge in [-0.25, -0.2) is 0 Å². The van der Waals surface area contributed by atoms with Crippen LogP contribution in [0.25, 0.3) is 10.9 Å². The zero-order chi connectivity index (χ0) is 21.1. The summed E-state index contributed by atoms with van der Waals surface area (Å²) in [6.45, 7) is 5.52. The van der Waals surface area contributed by atoms with Gasteiger partial charge in [0.15, 0.2) is 5.11 Å². The molecule has 4 nitrogen and oxygen atoms in total. The SMILES string of the molecule is Cc1cccc(NC(=S)N(CCc2c(C)[nH]c3ccc(Cl)cc23)Cc2ccco2)c1. The molecule has 4 aromatic rings. The monoisotopic (exact) mass is 437 g/mol. The molecule has 6 heteroatoms. The molecule has 0 spiro atoms. The number of aryl methyl sites for hydroxylation is 2. The molecule has 2 aromatic heterocycles. The topological polar surface area (TPSA) is 44.2 Å². The minimum atomic E-state index is 0.604. The average Bonchev–Trinajstić information content (AvgIpc) is 3.32. The minimum absolute atomic E-state index is 0.604. The molecular weight excluding hydrogens is 414 g/mol. The molecule has 154 valence electrons. The first kappa shape index (κ1) is 20.5. The first-order chi connectivity index (χ1) is 14.5. The van der Waals surface area contributed by atoms with Crippen molar-refractivity contribution in [1.29, 1.82) is 0 Å². The number of hydrogen-bond acceptors (Lipinski definition) is 2. The Morgan fingerprint density at radius 2 is 2.00 bits per heavy atom. The van der Waals surface area contributed by atoms with Crippen LogP contribution in [-0.2, 0) is 13.0 Å². The molecular formula is C24H24ClN3OS. The zero-order valence-corrected chi connectivity index (χ0v) is 18.6. The minimum Gasteiger partial charge on any atom is -0.467 e. The Labute approximate surface area is 186 Å². The highest BCUT2D eigenvalue weighted by atomic mass is 35.5. The Bertz CT molecular complexity index is 1170. The van der Waals surface area contributed by atoms with Crippen LogP contribution in [0, 0.1) is 13.8 Å². The lowest BCUT2D eigenvalue weighted by atomic mass is 10.1.